The summed E-state index contributed by atoms with van der Waals surface area (Å²) in [6, 6.07) is 0. The van der Waals surface area contributed by atoms with Crippen molar-refractivity contribution in [1.82, 2.24) is 53.6 Å². The summed E-state index contributed by atoms with van der Waals surface area (Å²) in [6.07, 6.45) is -16.7. The van der Waals surface area contributed by atoms with Gasteiger partial charge in [-0.15, -0.1) is 0 Å². The molecule has 44 heteroatoms. The van der Waals surface area contributed by atoms with Gasteiger partial charge in [-0.2, -0.15) is 15.0 Å². The van der Waals surface area contributed by atoms with Crippen LogP contribution in [0.1, 0.15) is 18.7 Å². The van der Waals surface area contributed by atoms with Gasteiger partial charge in [-0.05, 0) is 0 Å². The molecular weight excluding hydrogens is 1130 g/mol. The molecule has 13 N–H and O–H groups in total. The maximum Gasteiger partial charge on any atom is 0.313 e. The highest BCUT2D eigenvalue weighted by atomic mass is 31.3. The summed E-state index contributed by atoms with van der Waals surface area (Å²) in [5.41, 5.74) is 21.0. The Labute approximate surface area is 426 Å². The molecule has 0 radical (unpaired) electrons. The molecule has 3 aliphatic rings. The van der Waals surface area contributed by atoms with E-state index in [0.29, 0.717) is 0 Å². The molecule has 6 aromatic heterocycles. The molecule has 0 bridgehead atoms. The number of ether oxygens (including phenoxy) is 5. The van der Waals surface area contributed by atoms with E-state index in [1.54, 1.807) is 0 Å². The summed E-state index contributed by atoms with van der Waals surface area (Å²) >= 11 is 0. The number of phosphoric ester groups is 3. The zero-order chi connectivity index (χ0) is 55.8. The van der Waals surface area contributed by atoms with Gasteiger partial charge in [0.05, 0.1) is 39.5 Å². The van der Waals surface area contributed by atoms with Crippen molar-refractivity contribution in [2.45, 2.75) is 73.6 Å². The van der Waals surface area contributed by atoms with Crippen LogP contribution in [-0.4, -0.2) is 158 Å². The SMILES string of the molecule is COC1[C@@H](OP(=O)([O-])OC[C@H]2O[C@@H](n3cnc4c(=O)[nH]c(N)nc43)[C@@H](O)C2O)[C@@H](COP(=O)([O-])OP(=O)([O-])OP(=O)([O-])OC[C@H]2O[C@@H]([n+]3cn(C)c4c(=O)[nH]c(N)nc43)[C@@H](O)C2OC)O[C@H]1n1cnc2c(N)nc(N)nc21. The van der Waals surface area contributed by atoms with E-state index in [1.165, 1.54) is 22.5 Å². The van der Waals surface area contributed by atoms with Crippen LogP contribution in [-0.2, 0) is 75.7 Å². The summed E-state index contributed by atoms with van der Waals surface area (Å²) in [5.74, 6) is -1.22. The Morgan fingerprint density at radius 2 is 1.21 bits per heavy atom. The predicted octanol–water partition coefficient (Wildman–Crippen LogP) is -7.00. The van der Waals surface area contributed by atoms with Crippen molar-refractivity contribution in [3.63, 3.8) is 0 Å². The zero-order valence-electron chi connectivity index (χ0n) is 39.3. The number of nitrogens with zero attached hydrogens (tertiary/aromatic N) is 10. The first-order valence-electron chi connectivity index (χ1n) is 21.7. The van der Waals surface area contributed by atoms with E-state index in [0.717, 1.165) is 36.0 Å². The van der Waals surface area contributed by atoms with E-state index < -0.39 is 136 Å². The topological polar surface area (TPSA) is 589 Å². The molecule has 7 unspecified atom stereocenters. The Morgan fingerprint density at radius 3 is 1.86 bits per heavy atom. The second kappa shape index (κ2) is 21.0. The number of nitrogen functional groups attached to an aromatic ring is 4. The number of imidazole rings is 3. The van der Waals surface area contributed by atoms with Crippen molar-refractivity contribution in [2.75, 3.05) is 57.0 Å². The molecule has 40 nitrogen and oxygen atoms in total. The highest BCUT2D eigenvalue weighted by molar-refractivity contribution is 7.65. The maximum atomic E-state index is 13.6. The number of H-pyrrole nitrogens is 2. The number of rotatable bonds is 20. The summed E-state index contributed by atoms with van der Waals surface area (Å²) < 4.78 is 113. The molecule has 0 aliphatic carbocycles. The van der Waals surface area contributed by atoms with Crippen LogP contribution in [0, 0.1) is 0 Å². The number of aromatic amines is 2. The van der Waals surface area contributed by atoms with Gasteiger partial charge in [-0.1, -0.05) is 4.98 Å². The van der Waals surface area contributed by atoms with Gasteiger partial charge >= 0.3 is 5.65 Å². The molecule has 9 heterocycles. The lowest BCUT2D eigenvalue weighted by molar-refractivity contribution is -0.745. The number of aliphatic hydroxyl groups excluding tert-OH is 3. The average molecular weight is 1170 g/mol. The van der Waals surface area contributed by atoms with Gasteiger partial charge in [0.2, 0.25) is 23.6 Å². The number of nitrogens with one attached hydrogen (secondary N) is 2. The molecule has 6 aromatic rings. The number of hydrogen-bond acceptors (Lipinski definition) is 34. The second-order valence-corrected chi connectivity index (χ2v) is 22.7. The molecule has 422 valence electrons. The van der Waals surface area contributed by atoms with Gasteiger partial charge in [0.15, 0.2) is 41.4 Å². The fourth-order valence-corrected chi connectivity index (χ4v) is 13.0. The van der Waals surface area contributed by atoms with Gasteiger partial charge in [0, 0.05) is 14.2 Å². The third-order valence-corrected chi connectivity index (χ3v) is 16.9. The van der Waals surface area contributed by atoms with Gasteiger partial charge in [-0.25, -0.2) is 23.2 Å². The Bertz CT molecular complexity index is 3540. The first-order valence-corrected chi connectivity index (χ1v) is 27.5. The average Bonchev–Trinajstić information content (AvgIpc) is 4.18. The summed E-state index contributed by atoms with van der Waals surface area (Å²) in [6.45, 7) is -3.62. The van der Waals surface area contributed by atoms with Crippen molar-refractivity contribution in [3.8, 4) is 0 Å². The smallest absolute Gasteiger partial charge is 0.313 e. The van der Waals surface area contributed by atoms with Gasteiger partial charge in [0.25, 0.3) is 48.4 Å². The Morgan fingerprint density at radius 1 is 0.662 bits per heavy atom. The van der Waals surface area contributed by atoms with Crippen molar-refractivity contribution >= 4 is 88.4 Å². The number of aliphatic hydroxyl groups is 3. The van der Waals surface area contributed by atoms with E-state index in [-0.39, 0.29) is 57.2 Å². The minimum Gasteiger partial charge on any atom is -0.756 e. The predicted molar refractivity (Wildman–Crippen MR) is 239 cm³/mol. The Hall–Kier alpha value is -5.35. The fourth-order valence-electron chi connectivity index (χ4n) is 8.62. The quantitative estimate of drug-likeness (QED) is 0.0253. The maximum absolute atomic E-state index is 13.6. The number of methoxy groups -OCH3 is 2. The van der Waals surface area contributed by atoms with Gasteiger partial charge in [0.1, 0.15) is 60.5 Å². The minimum absolute atomic E-state index is 0.00660. The number of hydrogen-bond donors (Lipinski definition) is 9. The number of aryl methyl sites for hydroxylation is 1. The van der Waals surface area contributed by atoms with E-state index in [4.69, 9.17) is 60.2 Å². The lowest BCUT2D eigenvalue weighted by Crippen LogP contribution is -2.46. The molecule has 9 rings (SSSR count). The van der Waals surface area contributed by atoms with E-state index in [2.05, 4.69) is 53.0 Å². The molecule has 0 aromatic carbocycles. The Kier molecular flexibility index (Phi) is 15.4. The van der Waals surface area contributed by atoms with Crippen LogP contribution in [0.5, 0.6) is 0 Å². The molecule has 0 saturated carbocycles. The summed E-state index contributed by atoms with van der Waals surface area (Å²) in [7, 11) is -21.2. The van der Waals surface area contributed by atoms with Crippen LogP contribution in [0.25, 0.3) is 33.5 Å². The number of fused-ring (bicyclic) bond motifs is 3. The molecule has 0 amide bonds. The molecular formula is C33H43N16O24P4-3. The number of phosphoric acid groups is 4. The highest BCUT2D eigenvalue weighted by Crippen LogP contribution is 2.63. The largest absolute Gasteiger partial charge is 0.756 e. The minimum atomic E-state index is -6.58. The molecule has 3 fully saturated rings. The van der Waals surface area contributed by atoms with Crippen LogP contribution in [0.3, 0.4) is 0 Å². The van der Waals surface area contributed by atoms with E-state index >= 15 is 0 Å². The molecule has 3 saturated heterocycles. The molecule has 0 spiro atoms. The normalized spacial score (nSPS) is 30.0. The van der Waals surface area contributed by atoms with Crippen LogP contribution in [0.15, 0.2) is 28.6 Å². The lowest BCUT2D eigenvalue weighted by Gasteiger charge is -2.35. The molecule has 3 aliphatic heterocycles. The van der Waals surface area contributed by atoms with Crippen LogP contribution >= 0.6 is 31.3 Å². The number of nitrogens with two attached hydrogens (primary N) is 4. The summed E-state index contributed by atoms with van der Waals surface area (Å²) in [4.78, 5) is 106. The van der Waals surface area contributed by atoms with Crippen molar-refractivity contribution in [3.05, 3.63) is 39.7 Å². The third kappa shape index (κ3) is 11.3. The van der Waals surface area contributed by atoms with Crippen molar-refractivity contribution in [2.24, 2.45) is 7.05 Å². The van der Waals surface area contributed by atoms with E-state index in [9.17, 15) is 62.7 Å². The highest BCUT2D eigenvalue weighted by Gasteiger charge is 2.52. The first-order chi connectivity index (χ1) is 36.1. The van der Waals surface area contributed by atoms with Crippen LogP contribution in [0.2, 0.25) is 0 Å². The lowest BCUT2D eigenvalue weighted by atomic mass is 10.1. The van der Waals surface area contributed by atoms with Crippen LogP contribution in [0.4, 0.5) is 23.7 Å². The van der Waals surface area contributed by atoms with Gasteiger partial charge in [-0.3, -0.25) is 51.5 Å². The summed E-state index contributed by atoms with van der Waals surface area (Å²) in [5, 5.41) is 32.8. The second-order valence-electron chi connectivity index (χ2n) is 16.8. The monoisotopic (exact) mass is 1170 g/mol. The molecule has 16 atom stereocenters. The van der Waals surface area contributed by atoms with E-state index in [1.807, 2.05) is 0 Å². The van der Waals surface area contributed by atoms with Gasteiger partial charge < -0.3 is 99.6 Å². The first kappa shape index (κ1) is 56.4. The standard InChI is InChI=1S/C33H46N16O24P4/c1-46-9-49(25-15(46)27(54)45-33(37)43-25)29-18(52)19(63-2)11(69-29)5-66-75(57,58)72-77(61,62)73-76(59,60)67-6-12-20(21(64-3)30(70-12)48-7-38-13-22(34)40-31(35)41-23(13)48)71-74(55,56)65-4-10-16(50)17(51)28(68-10)47-8-39-14-24(47)42-32(36)44-26(14)53/h7-12,16-21,28-30,50-52H,4-6H2,1-3H3,(H13-,34,35,36,37,40,41,42,43,44,45,53,54,55,56,57,58,59,60,61,62)/p-3/t10-,11-,12-,16?,17+,18+,19?,20+,21?,28-,29-,30-/m1/s1. The molecule has 77 heavy (non-hydrogen) atoms. The third-order valence-electron chi connectivity index (χ3n) is 11.8. The van der Waals surface area contributed by atoms with Crippen LogP contribution < -0.4 is 58.2 Å². The number of aromatic nitrogens is 12. The van der Waals surface area contributed by atoms with Crippen molar-refractivity contribution < 1.29 is 108 Å². The Balaban J connectivity index is 0.874. The number of anilines is 4. The fraction of sp³-hybridized carbons (Fsp3) is 0.545. The van der Waals surface area contributed by atoms with Crippen molar-refractivity contribution in [1.29, 1.82) is 0 Å². The zero-order valence-corrected chi connectivity index (χ0v) is 42.8.